The number of imide groups is 1. The van der Waals surface area contributed by atoms with E-state index in [0.29, 0.717) is 18.4 Å². The second kappa shape index (κ2) is 6.61. The monoisotopic (exact) mass is 299 g/mol. The maximum Gasteiger partial charge on any atom is 0.325 e. The Balaban J connectivity index is 2.23. The van der Waals surface area contributed by atoms with E-state index in [1.165, 1.54) is 4.90 Å². The molecular formula is C17H21N3O2. The van der Waals surface area contributed by atoms with Gasteiger partial charge in [0.05, 0.1) is 18.2 Å². The number of carbonyl (C=O) groups excluding carboxylic acids is 2. The molecule has 0 radical (unpaired) electrons. The molecule has 0 saturated carbocycles. The van der Waals surface area contributed by atoms with Crippen LogP contribution in [-0.4, -0.2) is 22.4 Å². The van der Waals surface area contributed by atoms with Gasteiger partial charge in [-0.2, -0.15) is 5.26 Å². The van der Waals surface area contributed by atoms with Crippen molar-refractivity contribution in [2.24, 2.45) is 0 Å². The van der Waals surface area contributed by atoms with Crippen LogP contribution in [0, 0.1) is 11.3 Å². The first-order chi connectivity index (χ1) is 10.6. The molecule has 0 atom stereocenters. The molecule has 5 nitrogen and oxygen atoms in total. The summed E-state index contributed by atoms with van der Waals surface area (Å²) in [6.45, 7) is 4.22. The summed E-state index contributed by atoms with van der Waals surface area (Å²) in [4.78, 5) is 26.3. The molecule has 0 spiro atoms. The third kappa shape index (κ3) is 2.96. The van der Waals surface area contributed by atoms with Gasteiger partial charge < -0.3 is 5.32 Å². The number of nitrogens with zero attached hydrogens (tertiary/aromatic N) is 2. The van der Waals surface area contributed by atoms with Crippen LogP contribution in [0.1, 0.15) is 50.7 Å². The van der Waals surface area contributed by atoms with E-state index < -0.39 is 5.54 Å². The predicted molar refractivity (Wildman–Crippen MR) is 82.8 cm³/mol. The summed E-state index contributed by atoms with van der Waals surface area (Å²) in [5.41, 5.74) is 0.553. The maximum absolute atomic E-state index is 12.8. The van der Waals surface area contributed by atoms with Crippen molar-refractivity contribution < 1.29 is 9.59 Å². The van der Waals surface area contributed by atoms with Crippen molar-refractivity contribution in [3.05, 3.63) is 35.4 Å². The third-order valence-electron chi connectivity index (χ3n) is 4.00. The second-order valence-electron chi connectivity index (χ2n) is 5.72. The largest absolute Gasteiger partial charge is 0.325 e. The lowest BCUT2D eigenvalue weighted by molar-refractivity contribution is -0.132. The third-order valence-corrected chi connectivity index (χ3v) is 4.00. The molecule has 2 rings (SSSR count). The van der Waals surface area contributed by atoms with Crippen molar-refractivity contribution in [2.75, 3.05) is 0 Å². The van der Waals surface area contributed by atoms with Gasteiger partial charge in [0.1, 0.15) is 5.54 Å². The number of rotatable bonds is 6. The molecule has 1 fully saturated rings. The zero-order valence-corrected chi connectivity index (χ0v) is 13.1. The molecule has 3 amide bonds. The van der Waals surface area contributed by atoms with Crippen LogP contribution >= 0.6 is 0 Å². The minimum atomic E-state index is -0.757. The van der Waals surface area contributed by atoms with Crippen molar-refractivity contribution in [3.63, 3.8) is 0 Å². The summed E-state index contributed by atoms with van der Waals surface area (Å²) in [6, 6.07) is 8.72. The molecule has 5 heteroatoms. The number of hydrogen-bond acceptors (Lipinski definition) is 3. The van der Waals surface area contributed by atoms with Crippen molar-refractivity contribution in [2.45, 2.75) is 51.6 Å². The van der Waals surface area contributed by atoms with Crippen molar-refractivity contribution in [1.29, 1.82) is 5.26 Å². The minimum absolute atomic E-state index is 0.149. The van der Waals surface area contributed by atoms with E-state index in [9.17, 15) is 9.59 Å². The fourth-order valence-corrected chi connectivity index (χ4v) is 3.06. The highest BCUT2D eigenvalue weighted by atomic mass is 16.2. The number of carbonyl (C=O) groups is 2. The Kier molecular flexibility index (Phi) is 4.81. The first-order valence-corrected chi connectivity index (χ1v) is 7.69. The molecule has 1 heterocycles. The second-order valence-corrected chi connectivity index (χ2v) is 5.72. The van der Waals surface area contributed by atoms with Crippen LogP contribution in [-0.2, 0) is 11.3 Å². The molecule has 1 aromatic rings. The highest BCUT2D eigenvalue weighted by Crippen LogP contribution is 2.29. The van der Waals surface area contributed by atoms with Gasteiger partial charge in [0, 0.05) is 0 Å². The Bertz CT molecular complexity index is 613. The average molecular weight is 299 g/mol. The van der Waals surface area contributed by atoms with Crippen molar-refractivity contribution in [1.82, 2.24) is 10.2 Å². The van der Waals surface area contributed by atoms with Crippen LogP contribution < -0.4 is 5.32 Å². The van der Waals surface area contributed by atoms with Crippen molar-refractivity contribution in [3.8, 4) is 6.07 Å². The fraction of sp³-hybridized carbons (Fsp3) is 0.471. The molecule has 0 bridgehead atoms. The van der Waals surface area contributed by atoms with E-state index >= 15 is 0 Å². The number of benzene rings is 1. The zero-order valence-electron chi connectivity index (χ0n) is 13.1. The lowest BCUT2D eigenvalue weighted by atomic mass is 9.88. The molecule has 1 aliphatic heterocycles. The molecule has 1 aromatic carbocycles. The van der Waals surface area contributed by atoms with Crippen LogP contribution in [0.5, 0.6) is 0 Å². The molecule has 0 aliphatic carbocycles. The van der Waals surface area contributed by atoms with Gasteiger partial charge in [-0.1, -0.05) is 38.8 Å². The molecular weight excluding hydrogens is 278 g/mol. The number of hydrogen-bond donors (Lipinski definition) is 1. The molecule has 0 unspecified atom stereocenters. The summed E-state index contributed by atoms with van der Waals surface area (Å²) in [5.74, 6) is -0.149. The van der Waals surface area contributed by atoms with Crippen LogP contribution in [0.2, 0.25) is 0 Å². The van der Waals surface area contributed by atoms with E-state index in [2.05, 4.69) is 11.4 Å². The number of nitrogens with one attached hydrogen (secondary N) is 1. The topological polar surface area (TPSA) is 73.2 Å². The molecule has 1 N–H and O–H groups in total. The zero-order chi connectivity index (χ0) is 16.2. The van der Waals surface area contributed by atoms with Crippen LogP contribution in [0.15, 0.2) is 24.3 Å². The number of nitriles is 1. The predicted octanol–water partition coefficient (Wildman–Crippen LogP) is 2.95. The van der Waals surface area contributed by atoms with E-state index in [-0.39, 0.29) is 18.5 Å². The Morgan fingerprint density at radius 2 is 1.91 bits per heavy atom. The molecule has 1 saturated heterocycles. The highest BCUT2D eigenvalue weighted by molar-refractivity contribution is 6.06. The summed E-state index contributed by atoms with van der Waals surface area (Å²) < 4.78 is 0. The fourth-order valence-electron chi connectivity index (χ4n) is 3.06. The standard InChI is InChI=1S/C17H21N3O2/c1-3-8-17(9-4-2)15(21)20(16(22)19-17)12-14-7-5-6-13(10-14)11-18/h5-7,10H,3-4,8-9,12H2,1-2H3,(H,19,22). The molecule has 116 valence electrons. The van der Waals surface area contributed by atoms with Gasteiger partial charge in [0.15, 0.2) is 0 Å². The number of urea groups is 1. The molecule has 1 aliphatic rings. The van der Waals surface area contributed by atoms with Crippen LogP contribution in [0.4, 0.5) is 4.79 Å². The van der Waals surface area contributed by atoms with Gasteiger partial charge in [-0.15, -0.1) is 0 Å². The van der Waals surface area contributed by atoms with Gasteiger partial charge in [0.25, 0.3) is 5.91 Å². The Hall–Kier alpha value is -2.35. The molecule has 0 aromatic heterocycles. The lowest BCUT2D eigenvalue weighted by Gasteiger charge is -2.25. The van der Waals surface area contributed by atoms with E-state index in [0.717, 1.165) is 18.4 Å². The van der Waals surface area contributed by atoms with Crippen LogP contribution in [0.3, 0.4) is 0 Å². The first-order valence-electron chi connectivity index (χ1n) is 7.69. The number of amides is 3. The Morgan fingerprint density at radius 3 is 2.50 bits per heavy atom. The minimum Gasteiger partial charge on any atom is -0.323 e. The highest BCUT2D eigenvalue weighted by Gasteiger charge is 2.49. The Labute approximate surface area is 130 Å². The van der Waals surface area contributed by atoms with Crippen LogP contribution in [0.25, 0.3) is 0 Å². The summed E-state index contributed by atoms with van der Waals surface area (Å²) >= 11 is 0. The van der Waals surface area contributed by atoms with Gasteiger partial charge in [-0.25, -0.2) is 4.79 Å². The van der Waals surface area contributed by atoms with E-state index in [1.54, 1.807) is 18.2 Å². The van der Waals surface area contributed by atoms with E-state index in [1.807, 2.05) is 19.9 Å². The average Bonchev–Trinajstić information content (AvgIpc) is 2.73. The van der Waals surface area contributed by atoms with E-state index in [4.69, 9.17) is 5.26 Å². The lowest BCUT2D eigenvalue weighted by Crippen LogP contribution is -2.46. The first kappa shape index (κ1) is 16.0. The van der Waals surface area contributed by atoms with Gasteiger partial charge >= 0.3 is 6.03 Å². The molecule has 22 heavy (non-hydrogen) atoms. The quantitative estimate of drug-likeness (QED) is 0.821. The van der Waals surface area contributed by atoms with Crippen molar-refractivity contribution >= 4 is 11.9 Å². The van der Waals surface area contributed by atoms with Gasteiger partial charge in [-0.3, -0.25) is 9.69 Å². The summed E-state index contributed by atoms with van der Waals surface area (Å²) in [5, 5.41) is 11.8. The SMILES string of the molecule is CCCC1(CCC)NC(=O)N(Cc2cccc(C#N)c2)C1=O. The van der Waals surface area contributed by atoms with Gasteiger partial charge in [-0.05, 0) is 30.5 Å². The summed E-state index contributed by atoms with van der Waals surface area (Å²) in [6.07, 6.45) is 2.98. The summed E-state index contributed by atoms with van der Waals surface area (Å²) in [7, 11) is 0. The Morgan fingerprint density at radius 1 is 1.23 bits per heavy atom. The smallest absolute Gasteiger partial charge is 0.323 e. The maximum atomic E-state index is 12.8. The normalized spacial score (nSPS) is 16.5. The van der Waals surface area contributed by atoms with Gasteiger partial charge in [0.2, 0.25) is 0 Å².